The summed E-state index contributed by atoms with van der Waals surface area (Å²) in [7, 11) is 5.89. The number of hydrogen-bond donors (Lipinski definition) is 0. The molecule has 0 amide bonds. The molecule has 0 heterocycles. The highest BCUT2D eigenvalue weighted by Gasteiger charge is 2.21. The van der Waals surface area contributed by atoms with Crippen LogP contribution in [0.4, 0.5) is 0 Å². The molecule has 0 rings (SSSR count). The molecule has 2 unspecified atom stereocenters. The van der Waals surface area contributed by atoms with Gasteiger partial charge in [-0.15, -0.1) is 0 Å². The van der Waals surface area contributed by atoms with Gasteiger partial charge in [-0.1, -0.05) is 195 Å². The van der Waals surface area contributed by atoms with E-state index in [-0.39, 0.29) is 38.6 Å². The molecule has 0 aromatic rings. The standard InChI is InChI=1S/C58H99NO8/c1-6-8-10-12-14-16-18-20-22-24-25-26-27-28-29-30-31-33-34-36-38-40-42-44-46-48-55(60)65-52-54(53-66-58(57(62)63)64-51-50-59(3,4)5)67-56(61)49-47-45-43-41-39-37-35-32-23-21-19-17-15-13-11-9-7-2/h9,11,15,17-18,20-21,23-25,35,37,41,43,54,58H,6-8,10,12-14,16,19,22,26-34,36,38-40,42,44-53H2,1-5H3/b11-9-,17-15-,20-18-,23-21-,25-24-,37-35-,43-41-. The second-order valence-corrected chi connectivity index (χ2v) is 18.8. The van der Waals surface area contributed by atoms with Crippen LogP contribution in [0.5, 0.6) is 0 Å². The Morgan fingerprint density at radius 2 is 0.866 bits per heavy atom. The van der Waals surface area contributed by atoms with Crippen molar-refractivity contribution in [1.82, 2.24) is 0 Å². The zero-order valence-corrected chi connectivity index (χ0v) is 43.5. The molecule has 9 nitrogen and oxygen atoms in total. The van der Waals surface area contributed by atoms with Crippen molar-refractivity contribution in [2.75, 3.05) is 47.5 Å². The number of allylic oxidation sites excluding steroid dienone is 14. The van der Waals surface area contributed by atoms with Crippen LogP contribution in [-0.2, 0) is 33.3 Å². The number of quaternary nitrogens is 1. The number of carbonyl (C=O) groups is 3. The van der Waals surface area contributed by atoms with Crippen LogP contribution in [0.15, 0.2) is 85.1 Å². The van der Waals surface area contributed by atoms with E-state index in [1.807, 2.05) is 27.2 Å². The number of hydrogen-bond acceptors (Lipinski definition) is 8. The molecule has 0 saturated heterocycles. The molecule has 0 aliphatic rings. The molecule has 0 fully saturated rings. The molecule has 0 N–H and O–H groups in total. The monoisotopic (exact) mass is 938 g/mol. The second-order valence-electron chi connectivity index (χ2n) is 18.8. The highest BCUT2D eigenvalue weighted by atomic mass is 16.7. The van der Waals surface area contributed by atoms with Gasteiger partial charge < -0.3 is 33.3 Å². The lowest BCUT2D eigenvalue weighted by atomic mass is 10.0. The van der Waals surface area contributed by atoms with Crippen molar-refractivity contribution >= 4 is 17.9 Å². The molecule has 0 aliphatic heterocycles. The van der Waals surface area contributed by atoms with Gasteiger partial charge in [0, 0.05) is 12.8 Å². The summed E-state index contributed by atoms with van der Waals surface area (Å²) in [5, 5.41) is 11.7. The van der Waals surface area contributed by atoms with Gasteiger partial charge in [0.25, 0.3) is 0 Å². The van der Waals surface area contributed by atoms with Gasteiger partial charge in [-0.2, -0.15) is 0 Å². The minimum atomic E-state index is -1.64. The molecule has 0 aromatic carbocycles. The summed E-state index contributed by atoms with van der Waals surface area (Å²) in [6.07, 6.45) is 60.6. The molecule has 2 atom stereocenters. The molecule has 384 valence electrons. The van der Waals surface area contributed by atoms with Crippen molar-refractivity contribution < 1.29 is 42.9 Å². The third-order valence-electron chi connectivity index (χ3n) is 11.1. The average molecular weight is 938 g/mol. The van der Waals surface area contributed by atoms with E-state index in [9.17, 15) is 19.5 Å². The van der Waals surface area contributed by atoms with Gasteiger partial charge in [0.2, 0.25) is 0 Å². The van der Waals surface area contributed by atoms with Crippen LogP contribution in [0.1, 0.15) is 206 Å². The maximum absolute atomic E-state index is 12.8. The van der Waals surface area contributed by atoms with Gasteiger partial charge in [0.15, 0.2) is 12.4 Å². The Bertz CT molecular complexity index is 1370. The lowest BCUT2D eigenvalue weighted by Crippen LogP contribution is -2.44. The smallest absolute Gasteiger partial charge is 0.306 e. The van der Waals surface area contributed by atoms with Crippen molar-refractivity contribution in [3.05, 3.63) is 85.1 Å². The zero-order valence-electron chi connectivity index (χ0n) is 43.5. The van der Waals surface area contributed by atoms with E-state index < -0.39 is 24.3 Å². The topological polar surface area (TPSA) is 111 Å². The zero-order chi connectivity index (χ0) is 49.2. The number of carbonyl (C=O) groups excluding carboxylic acids is 3. The molecule has 67 heavy (non-hydrogen) atoms. The van der Waals surface area contributed by atoms with Crippen LogP contribution in [0.25, 0.3) is 0 Å². The normalized spacial score (nSPS) is 13.5. The molecule has 0 bridgehead atoms. The first-order valence-corrected chi connectivity index (χ1v) is 26.7. The Hall–Kier alpha value is -3.53. The van der Waals surface area contributed by atoms with Gasteiger partial charge in [0.1, 0.15) is 13.2 Å². The largest absolute Gasteiger partial charge is 0.545 e. The van der Waals surface area contributed by atoms with Crippen LogP contribution in [0.2, 0.25) is 0 Å². The number of rotatable bonds is 48. The Morgan fingerprint density at radius 1 is 0.463 bits per heavy atom. The number of ether oxygens (including phenoxy) is 4. The van der Waals surface area contributed by atoms with E-state index in [1.165, 1.54) is 109 Å². The summed E-state index contributed by atoms with van der Waals surface area (Å²) in [6.45, 7) is 4.55. The van der Waals surface area contributed by atoms with E-state index in [0.717, 1.165) is 57.8 Å². The maximum Gasteiger partial charge on any atom is 0.306 e. The fraction of sp³-hybridized carbons (Fsp3) is 0.707. The Kier molecular flexibility index (Phi) is 46.3. The summed E-state index contributed by atoms with van der Waals surface area (Å²) in [5.74, 6) is -2.37. The number of carboxylic acid groups (broad SMARTS) is 1. The van der Waals surface area contributed by atoms with Crippen molar-refractivity contribution in [2.45, 2.75) is 219 Å². The summed E-state index contributed by atoms with van der Waals surface area (Å²) < 4.78 is 22.6. The second kappa shape index (κ2) is 48.9. The van der Waals surface area contributed by atoms with E-state index in [0.29, 0.717) is 23.9 Å². The van der Waals surface area contributed by atoms with Gasteiger partial charge in [0.05, 0.1) is 40.3 Å². The summed E-state index contributed by atoms with van der Waals surface area (Å²) in [6, 6.07) is 0. The lowest BCUT2D eigenvalue weighted by molar-refractivity contribution is -0.870. The van der Waals surface area contributed by atoms with Gasteiger partial charge >= 0.3 is 11.9 Å². The summed E-state index contributed by atoms with van der Waals surface area (Å²) in [4.78, 5) is 37.2. The van der Waals surface area contributed by atoms with Crippen molar-refractivity contribution in [1.29, 1.82) is 0 Å². The predicted octanol–water partition coefficient (Wildman–Crippen LogP) is 13.9. The molecule has 0 saturated carbocycles. The molecular weight excluding hydrogens is 839 g/mol. The Labute approximate surface area is 410 Å². The first-order chi connectivity index (χ1) is 32.6. The minimum Gasteiger partial charge on any atom is -0.545 e. The van der Waals surface area contributed by atoms with E-state index in [1.54, 1.807) is 0 Å². The third kappa shape index (κ3) is 50.2. The van der Waals surface area contributed by atoms with Crippen molar-refractivity contribution in [2.24, 2.45) is 0 Å². The maximum atomic E-state index is 12.8. The first-order valence-electron chi connectivity index (χ1n) is 26.7. The SMILES string of the molecule is CC/C=C\C/C=C\C/C=C\C/C=C\C/C=C\CCCC(=O)OC(COC(=O)CCCCCCCCCCCCCCC/C=C\C/C=C\CCCCCCC)COC(OCC[N+](C)(C)C)C(=O)[O-]. The van der Waals surface area contributed by atoms with Crippen LogP contribution in [0.3, 0.4) is 0 Å². The van der Waals surface area contributed by atoms with E-state index >= 15 is 0 Å². The van der Waals surface area contributed by atoms with Gasteiger partial charge in [-0.05, 0) is 83.5 Å². The van der Waals surface area contributed by atoms with E-state index in [4.69, 9.17) is 18.9 Å². The van der Waals surface area contributed by atoms with Gasteiger partial charge in [-0.25, -0.2) is 0 Å². The molecular formula is C58H99NO8. The average Bonchev–Trinajstić information content (AvgIpc) is 3.29. The van der Waals surface area contributed by atoms with Crippen LogP contribution in [0, 0.1) is 0 Å². The predicted molar refractivity (Wildman–Crippen MR) is 278 cm³/mol. The molecule has 0 radical (unpaired) electrons. The number of esters is 2. The van der Waals surface area contributed by atoms with E-state index in [2.05, 4.69) is 92.8 Å². The molecule has 0 spiro atoms. The highest BCUT2D eigenvalue weighted by Crippen LogP contribution is 2.15. The fourth-order valence-electron chi connectivity index (χ4n) is 7.01. The van der Waals surface area contributed by atoms with Crippen molar-refractivity contribution in [3.8, 4) is 0 Å². The fourth-order valence-corrected chi connectivity index (χ4v) is 7.01. The molecule has 0 aliphatic carbocycles. The number of likely N-dealkylation sites (N-methyl/N-ethyl adjacent to an activating group) is 1. The summed E-state index contributed by atoms with van der Waals surface area (Å²) in [5.41, 5.74) is 0. The third-order valence-corrected chi connectivity index (χ3v) is 11.1. The minimum absolute atomic E-state index is 0.133. The number of nitrogens with zero attached hydrogens (tertiary/aromatic N) is 1. The van der Waals surface area contributed by atoms with Crippen molar-refractivity contribution in [3.63, 3.8) is 0 Å². The molecule has 9 heteroatoms. The number of unbranched alkanes of at least 4 members (excludes halogenated alkanes) is 19. The van der Waals surface area contributed by atoms with Crippen LogP contribution >= 0.6 is 0 Å². The first kappa shape index (κ1) is 63.5. The number of aliphatic carboxylic acids is 1. The summed E-state index contributed by atoms with van der Waals surface area (Å²) >= 11 is 0. The van der Waals surface area contributed by atoms with Gasteiger partial charge in [-0.3, -0.25) is 9.59 Å². The number of carboxylic acids is 1. The Morgan fingerprint density at radius 3 is 1.31 bits per heavy atom. The highest BCUT2D eigenvalue weighted by molar-refractivity contribution is 5.70. The van der Waals surface area contributed by atoms with Crippen LogP contribution in [-0.4, -0.2) is 82.3 Å². The molecule has 0 aromatic heterocycles. The van der Waals surface area contributed by atoms with Crippen LogP contribution < -0.4 is 5.11 Å². The lowest BCUT2D eigenvalue weighted by Gasteiger charge is -2.26. The Balaban J connectivity index is 4.34. The quantitative estimate of drug-likeness (QED) is 0.0195.